The molecule has 1 aromatic carbocycles. The van der Waals surface area contributed by atoms with Crippen molar-refractivity contribution < 1.29 is 18.7 Å². The number of carbonyl (C=O) groups is 2. The van der Waals surface area contributed by atoms with E-state index in [0.717, 1.165) is 12.8 Å². The smallest absolute Gasteiger partial charge is 0.256 e. The minimum absolute atomic E-state index is 0.0212. The van der Waals surface area contributed by atoms with E-state index in [9.17, 15) is 14.0 Å². The van der Waals surface area contributed by atoms with Crippen molar-refractivity contribution in [2.24, 2.45) is 0 Å². The summed E-state index contributed by atoms with van der Waals surface area (Å²) in [6.45, 7) is 2.13. The van der Waals surface area contributed by atoms with Crippen LogP contribution in [0.25, 0.3) is 0 Å². The predicted octanol–water partition coefficient (Wildman–Crippen LogP) is 2.46. The van der Waals surface area contributed by atoms with E-state index in [4.69, 9.17) is 4.74 Å². The van der Waals surface area contributed by atoms with Crippen LogP contribution in [-0.2, 0) is 9.53 Å². The summed E-state index contributed by atoms with van der Waals surface area (Å²) in [6.07, 6.45) is 5.34. The highest BCUT2D eigenvalue weighted by Crippen LogP contribution is 2.21. The van der Waals surface area contributed by atoms with Gasteiger partial charge in [-0.2, -0.15) is 0 Å². The molecule has 0 unspecified atom stereocenters. The maximum Gasteiger partial charge on any atom is 0.256 e. The second kappa shape index (κ2) is 8.43. The largest absolute Gasteiger partial charge is 0.368 e. The molecule has 1 saturated carbocycles. The molecule has 136 valence electrons. The van der Waals surface area contributed by atoms with Crippen LogP contribution in [0.2, 0.25) is 0 Å². The zero-order valence-corrected chi connectivity index (χ0v) is 14.5. The van der Waals surface area contributed by atoms with Crippen LogP contribution in [0.3, 0.4) is 0 Å². The quantitative estimate of drug-likeness (QED) is 0.840. The number of rotatable bonds is 4. The lowest BCUT2D eigenvalue weighted by Crippen LogP contribution is -2.39. The van der Waals surface area contributed by atoms with Crippen molar-refractivity contribution in [3.8, 4) is 0 Å². The van der Waals surface area contributed by atoms with E-state index in [1.165, 1.54) is 25.0 Å². The number of benzene rings is 1. The van der Waals surface area contributed by atoms with E-state index in [-0.39, 0.29) is 30.1 Å². The molecule has 2 aliphatic rings. The second-order valence-electron chi connectivity index (χ2n) is 6.72. The van der Waals surface area contributed by atoms with E-state index in [1.54, 1.807) is 21.9 Å². The molecule has 0 aromatic heterocycles. The monoisotopic (exact) mass is 348 g/mol. The first kappa shape index (κ1) is 17.9. The highest BCUT2D eigenvalue weighted by atomic mass is 19.1. The van der Waals surface area contributed by atoms with E-state index in [2.05, 4.69) is 0 Å². The van der Waals surface area contributed by atoms with Crippen molar-refractivity contribution in [1.82, 2.24) is 9.80 Å². The summed E-state index contributed by atoms with van der Waals surface area (Å²) in [5.41, 5.74) is 0.0897. The number of halogens is 1. The Morgan fingerprint density at radius 2 is 1.68 bits per heavy atom. The fraction of sp³-hybridized carbons (Fsp3) is 0.579. The average Bonchev–Trinajstić information content (AvgIpc) is 3.02. The predicted molar refractivity (Wildman–Crippen MR) is 91.7 cm³/mol. The zero-order valence-electron chi connectivity index (χ0n) is 14.5. The maximum atomic E-state index is 13.8. The van der Waals surface area contributed by atoms with Gasteiger partial charge in [-0.1, -0.05) is 25.0 Å². The summed E-state index contributed by atoms with van der Waals surface area (Å²) in [6, 6.07) is 6.02. The van der Waals surface area contributed by atoms with Gasteiger partial charge < -0.3 is 14.5 Å². The Balaban J connectivity index is 1.52. The second-order valence-corrected chi connectivity index (χ2v) is 6.72. The van der Waals surface area contributed by atoms with Gasteiger partial charge in [0.15, 0.2) is 0 Å². The molecule has 1 heterocycles. The lowest BCUT2D eigenvalue weighted by molar-refractivity contribution is -0.137. The minimum Gasteiger partial charge on any atom is -0.368 e. The van der Waals surface area contributed by atoms with E-state index < -0.39 is 5.82 Å². The fourth-order valence-electron chi connectivity index (χ4n) is 3.51. The molecule has 3 rings (SSSR count). The number of nitrogens with zero attached hydrogens (tertiary/aromatic N) is 2. The van der Waals surface area contributed by atoms with Crippen molar-refractivity contribution >= 4 is 11.8 Å². The highest BCUT2D eigenvalue weighted by Gasteiger charge is 2.25. The van der Waals surface area contributed by atoms with E-state index in [0.29, 0.717) is 32.6 Å². The molecule has 0 bridgehead atoms. The Morgan fingerprint density at radius 3 is 2.44 bits per heavy atom. The summed E-state index contributed by atoms with van der Waals surface area (Å²) < 4.78 is 19.5. The van der Waals surface area contributed by atoms with Crippen LogP contribution < -0.4 is 0 Å². The summed E-state index contributed by atoms with van der Waals surface area (Å²) in [5.74, 6) is -0.837. The summed E-state index contributed by atoms with van der Waals surface area (Å²) in [7, 11) is 0. The number of carbonyl (C=O) groups excluding carboxylic acids is 2. The molecule has 6 heteroatoms. The molecular formula is C19H25FN2O3. The van der Waals surface area contributed by atoms with Crippen molar-refractivity contribution in [2.75, 3.05) is 32.8 Å². The first-order valence-corrected chi connectivity index (χ1v) is 9.08. The number of hydrogen-bond acceptors (Lipinski definition) is 3. The van der Waals surface area contributed by atoms with Gasteiger partial charge in [0.25, 0.3) is 5.91 Å². The third-order valence-corrected chi connectivity index (χ3v) is 4.98. The van der Waals surface area contributed by atoms with Crippen molar-refractivity contribution in [2.45, 2.75) is 38.2 Å². The van der Waals surface area contributed by atoms with Gasteiger partial charge in [-0.3, -0.25) is 9.59 Å². The van der Waals surface area contributed by atoms with E-state index >= 15 is 0 Å². The molecule has 2 amide bonds. The maximum absolute atomic E-state index is 13.8. The summed E-state index contributed by atoms with van der Waals surface area (Å²) in [5, 5.41) is 0. The minimum atomic E-state index is -0.505. The Bertz CT molecular complexity index is 616. The summed E-state index contributed by atoms with van der Waals surface area (Å²) in [4.78, 5) is 28.2. The normalized spacial score (nSPS) is 19.1. The molecule has 1 aromatic rings. The molecule has 25 heavy (non-hydrogen) atoms. The molecule has 1 aliphatic heterocycles. The summed E-state index contributed by atoms with van der Waals surface area (Å²) >= 11 is 0. The molecule has 0 atom stereocenters. The van der Waals surface area contributed by atoms with Crippen molar-refractivity contribution in [1.29, 1.82) is 0 Å². The van der Waals surface area contributed by atoms with Gasteiger partial charge in [0, 0.05) is 26.2 Å². The SMILES string of the molecule is O=C(COC1CCCC1)N1CCCN(C(=O)c2ccccc2F)CC1. The Labute approximate surface area is 147 Å². The van der Waals surface area contributed by atoms with Crippen molar-refractivity contribution in [3.63, 3.8) is 0 Å². The van der Waals surface area contributed by atoms with Crippen molar-refractivity contribution in [3.05, 3.63) is 35.6 Å². The molecule has 1 saturated heterocycles. The number of amides is 2. The zero-order chi connectivity index (χ0) is 17.6. The van der Waals surface area contributed by atoms with Crippen LogP contribution in [0.5, 0.6) is 0 Å². The molecular weight excluding hydrogens is 323 g/mol. The lowest BCUT2D eigenvalue weighted by Gasteiger charge is -2.23. The van der Waals surface area contributed by atoms with Crippen LogP contribution >= 0.6 is 0 Å². The lowest BCUT2D eigenvalue weighted by atomic mass is 10.2. The van der Waals surface area contributed by atoms with Gasteiger partial charge in [-0.15, -0.1) is 0 Å². The fourth-order valence-corrected chi connectivity index (χ4v) is 3.51. The van der Waals surface area contributed by atoms with Crippen LogP contribution in [0.1, 0.15) is 42.5 Å². The van der Waals surface area contributed by atoms with Crippen LogP contribution in [0, 0.1) is 5.82 Å². The molecule has 0 N–H and O–H groups in total. The van der Waals surface area contributed by atoms with Gasteiger partial charge in [0.05, 0.1) is 11.7 Å². The van der Waals surface area contributed by atoms with Gasteiger partial charge in [0.1, 0.15) is 12.4 Å². The van der Waals surface area contributed by atoms with Gasteiger partial charge in [-0.25, -0.2) is 4.39 Å². The standard InChI is InChI=1S/C19H25FN2O3/c20-17-9-4-3-8-16(17)19(24)22-11-5-10-21(12-13-22)18(23)14-25-15-6-1-2-7-15/h3-4,8-9,15H,1-2,5-7,10-14H2. The molecule has 0 spiro atoms. The van der Waals surface area contributed by atoms with Crippen LogP contribution in [0.4, 0.5) is 4.39 Å². The van der Waals surface area contributed by atoms with Gasteiger partial charge in [0.2, 0.25) is 5.91 Å². The Morgan fingerprint density at radius 1 is 1.00 bits per heavy atom. The molecule has 2 fully saturated rings. The number of ether oxygens (including phenoxy) is 1. The molecule has 1 aliphatic carbocycles. The Kier molecular flexibility index (Phi) is 6.02. The Hall–Kier alpha value is -1.95. The first-order valence-electron chi connectivity index (χ1n) is 9.08. The number of hydrogen-bond donors (Lipinski definition) is 0. The third-order valence-electron chi connectivity index (χ3n) is 4.98. The third kappa shape index (κ3) is 4.57. The van der Waals surface area contributed by atoms with Gasteiger partial charge in [-0.05, 0) is 31.4 Å². The van der Waals surface area contributed by atoms with E-state index in [1.807, 2.05) is 0 Å². The van der Waals surface area contributed by atoms with Gasteiger partial charge >= 0.3 is 0 Å². The van der Waals surface area contributed by atoms with Crippen LogP contribution in [-0.4, -0.2) is 60.5 Å². The highest BCUT2D eigenvalue weighted by molar-refractivity contribution is 5.94. The molecule has 5 nitrogen and oxygen atoms in total. The first-order chi connectivity index (χ1) is 12.1. The van der Waals surface area contributed by atoms with Crippen LogP contribution in [0.15, 0.2) is 24.3 Å². The topological polar surface area (TPSA) is 49.9 Å². The molecule has 0 radical (unpaired) electrons. The average molecular weight is 348 g/mol.